The molecule has 35 heavy (non-hydrogen) atoms. The summed E-state index contributed by atoms with van der Waals surface area (Å²) in [6, 6.07) is 18.5. The quantitative estimate of drug-likeness (QED) is 0.354. The van der Waals surface area contributed by atoms with E-state index in [0.29, 0.717) is 31.0 Å². The Labute approximate surface area is 209 Å². The molecule has 5 aliphatic rings. The fourth-order valence-corrected chi connectivity index (χ4v) is 7.38. The first-order chi connectivity index (χ1) is 17.0. The van der Waals surface area contributed by atoms with E-state index in [1.807, 2.05) is 24.3 Å². The minimum absolute atomic E-state index is 0.0161. The van der Waals surface area contributed by atoms with Crippen molar-refractivity contribution in [2.45, 2.75) is 76.5 Å². The first kappa shape index (κ1) is 23.5. The van der Waals surface area contributed by atoms with Crippen molar-refractivity contribution in [2.24, 2.45) is 23.7 Å². The van der Waals surface area contributed by atoms with Gasteiger partial charge < -0.3 is 14.2 Å². The fourth-order valence-electron chi connectivity index (χ4n) is 7.38. The first-order valence-electron chi connectivity index (χ1n) is 13.4. The third kappa shape index (κ3) is 4.01. The molecule has 188 valence electrons. The van der Waals surface area contributed by atoms with Crippen molar-refractivity contribution >= 4 is 0 Å². The lowest BCUT2D eigenvalue weighted by Crippen LogP contribution is -2.69. The second kappa shape index (κ2) is 9.19. The van der Waals surface area contributed by atoms with E-state index in [9.17, 15) is 0 Å². The summed E-state index contributed by atoms with van der Waals surface area (Å²) in [5.74, 6) is 2.61. The van der Waals surface area contributed by atoms with Gasteiger partial charge in [0.05, 0.1) is 12.7 Å². The smallest absolute Gasteiger partial charge is 0.161 e. The van der Waals surface area contributed by atoms with Crippen molar-refractivity contribution < 1.29 is 24.0 Å². The number of rotatable bonds is 6. The van der Waals surface area contributed by atoms with Crippen LogP contribution >= 0.6 is 0 Å². The van der Waals surface area contributed by atoms with Crippen molar-refractivity contribution in [2.75, 3.05) is 13.2 Å². The van der Waals surface area contributed by atoms with Crippen LogP contribution < -0.4 is 4.74 Å². The maximum absolute atomic E-state index is 6.72. The molecule has 2 bridgehead atoms. The Kier molecular flexibility index (Phi) is 6.16. The molecule has 3 heterocycles. The molecule has 2 aliphatic carbocycles. The Morgan fingerprint density at radius 2 is 1.69 bits per heavy atom. The molecule has 7 rings (SSSR count). The first-order valence-corrected chi connectivity index (χ1v) is 13.4. The van der Waals surface area contributed by atoms with Gasteiger partial charge in [0, 0.05) is 23.8 Å². The van der Waals surface area contributed by atoms with E-state index in [4.69, 9.17) is 24.0 Å². The largest absolute Gasteiger partial charge is 0.491 e. The molecule has 5 heteroatoms. The molecule has 0 aromatic heterocycles. The minimum Gasteiger partial charge on any atom is -0.491 e. The lowest BCUT2D eigenvalue weighted by Gasteiger charge is -2.61. The molecule has 8 atom stereocenters. The average molecular weight is 479 g/mol. The van der Waals surface area contributed by atoms with Gasteiger partial charge in [0.1, 0.15) is 23.6 Å². The maximum atomic E-state index is 6.72. The van der Waals surface area contributed by atoms with Crippen molar-refractivity contribution in [3.05, 3.63) is 54.6 Å². The van der Waals surface area contributed by atoms with Crippen molar-refractivity contribution in [3.63, 3.8) is 0 Å². The molecule has 2 saturated carbocycles. The number of hydrogen-bond donors (Lipinski definition) is 0. The lowest BCUT2D eigenvalue weighted by atomic mass is 9.56. The summed E-state index contributed by atoms with van der Waals surface area (Å²) >= 11 is 0. The molecule has 0 N–H and O–H groups in total. The molecule has 3 aliphatic heterocycles. The SMILES string of the molecule is C[C@H]1[C@H](OCCOc2ccccc2-c2ccccc2)O[C@@H]2C[C@@]3(C)CC[C@H]4[C@H](C)CC[C@@H]1[C@@]24OO3. The lowest BCUT2D eigenvalue weighted by molar-refractivity contribution is -0.495. The van der Waals surface area contributed by atoms with E-state index in [1.165, 1.54) is 6.42 Å². The van der Waals surface area contributed by atoms with Crippen LogP contribution in [0.2, 0.25) is 0 Å². The van der Waals surface area contributed by atoms with Crippen LogP contribution in [-0.2, 0) is 19.2 Å². The van der Waals surface area contributed by atoms with E-state index in [2.05, 4.69) is 51.1 Å². The predicted octanol–water partition coefficient (Wildman–Crippen LogP) is 6.42. The summed E-state index contributed by atoms with van der Waals surface area (Å²) in [5.41, 5.74) is 1.64. The summed E-state index contributed by atoms with van der Waals surface area (Å²) in [7, 11) is 0. The highest BCUT2D eigenvalue weighted by Crippen LogP contribution is 2.61. The van der Waals surface area contributed by atoms with Gasteiger partial charge in [-0.05, 0) is 56.1 Å². The second-order valence-electron chi connectivity index (χ2n) is 11.4. The Balaban J connectivity index is 1.13. The molecule has 0 amide bonds. The summed E-state index contributed by atoms with van der Waals surface area (Å²) in [4.78, 5) is 12.5. The zero-order valence-electron chi connectivity index (χ0n) is 21.2. The van der Waals surface area contributed by atoms with Gasteiger partial charge in [-0.2, -0.15) is 0 Å². The van der Waals surface area contributed by atoms with Crippen molar-refractivity contribution in [1.29, 1.82) is 0 Å². The van der Waals surface area contributed by atoms with Crippen LogP contribution in [0.5, 0.6) is 5.75 Å². The van der Waals surface area contributed by atoms with Crippen LogP contribution in [0.1, 0.15) is 52.9 Å². The number of hydrogen-bond acceptors (Lipinski definition) is 5. The van der Waals surface area contributed by atoms with Crippen molar-refractivity contribution in [1.82, 2.24) is 0 Å². The second-order valence-corrected chi connectivity index (χ2v) is 11.4. The van der Waals surface area contributed by atoms with Crippen LogP contribution in [0.25, 0.3) is 11.1 Å². The molecule has 2 aromatic carbocycles. The maximum Gasteiger partial charge on any atom is 0.161 e. The zero-order valence-corrected chi connectivity index (χ0v) is 21.2. The average Bonchev–Trinajstić information content (AvgIpc) is 3.11. The Morgan fingerprint density at radius 1 is 0.886 bits per heavy atom. The van der Waals surface area contributed by atoms with Gasteiger partial charge in [0.25, 0.3) is 0 Å². The van der Waals surface area contributed by atoms with E-state index in [-0.39, 0.29) is 29.5 Å². The van der Waals surface area contributed by atoms with E-state index in [0.717, 1.165) is 42.6 Å². The van der Waals surface area contributed by atoms with Gasteiger partial charge >= 0.3 is 0 Å². The molecule has 3 saturated heterocycles. The number of para-hydroxylation sites is 1. The monoisotopic (exact) mass is 478 g/mol. The fraction of sp³-hybridized carbons (Fsp3) is 0.600. The molecule has 1 spiro atoms. The van der Waals surface area contributed by atoms with Gasteiger partial charge in [0.15, 0.2) is 6.29 Å². The highest BCUT2D eigenvalue weighted by molar-refractivity contribution is 5.70. The molecule has 0 radical (unpaired) electrons. The van der Waals surface area contributed by atoms with Crippen LogP contribution in [-0.4, -0.2) is 36.8 Å². The summed E-state index contributed by atoms with van der Waals surface area (Å²) in [5, 5.41) is 0. The van der Waals surface area contributed by atoms with Gasteiger partial charge in [-0.1, -0.05) is 62.4 Å². The van der Waals surface area contributed by atoms with Crippen LogP contribution in [0.4, 0.5) is 0 Å². The molecular weight excluding hydrogens is 440 g/mol. The highest BCUT2D eigenvalue weighted by Gasteiger charge is 2.68. The van der Waals surface area contributed by atoms with E-state index in [1.54, 1.807) is 0 Å². The van der Waals surface area contributed by atoms with E-state index < -0.39 is 0 Å². The summed E-state index contributed by atoms with van der Waals surface area (Å²) in [6.45, 7) is 7.79. The standard InChI is InChI=1S/C30H38O5/c1-20-13-14-25-21(2)28(33-27-19-29(3)16-15-24(20)30(25,27)35-34-29)32-18-17-31-26-12-8-7-11-23(26)22-9-5-4-6-10-22/h4-12,20-21,24-25,27-28H,13-19H2,1-3H3/t20-,21-,24+,25+,27-,28-,29-,30-/m1/s1. The van der Waals surface area contributed by atoms with Gasteiger partial charge in [-0.25, -0.2) is 9.78 Å². The molecule has 5 fully saturated rings. The van der Waals surface area contributed by atoms with Crippen LogP contribution in [0.3, 0.4) is 0 Å². The molecule has 5 nitrogen and oxygen atoms in total. The normalized spacial score (nSPS) is 40.1. The Morgan fingerprint density at radius 3 is 2.54 bits per heavy atom. The number of ether oxygens (including phenoxy) is 3. The highest BCUT2D eigenvalue weighted by atomic mass is 17.2. The molecule has 0 unspecified atom stereocenters. The molecular formula is C30H38O5. The minimum atomic E-state index is -0.335. The topological polar surface area (TPSA) is 46.2 Å². The van der Waals surface area contributed by atoms with Gasteiger partial charge in [0.2, 0.25) is 0 Å². The summed E-state index contributed by atoms with van der Waals surface area (Å²) < 4.78 is 19.3. The Hall–Kier alpha value is -1.92. The van der Waals surface area contributed by atoms with Gasteiger partial charge in [-0.3, -0.25) is 0 Å². The van der Waals surface area contributed by atoms with Crippen LogP contribution in [0.15, 0.2) is 54.6 Å². The van der Waals surface area contributed by atoms with Gasteiger partial charge in [-0.15, -0.1) is 0 Å². The molecule has 2 aromatic rings. The zero-order chi connectivity index (χ0) is 24.0. The third-order valence-electron chi connectivity index (χ3n) is 9.23. The predicted molar refractivity (Wildman–Crippen MR) is 134 cm³/mol. The Bertz CT molecular complexity index is 1030. The van der Waals surface area contributed by atoms with Crippen molar-refractivity contribution in [3.8, 4) is 16.9 Å². The van der Waals surface area contributed by atoms with E-state index >= 15 is 0 Å². The third-order valence-corrected chi connectivity index (χ3v) is 9.23. The number of benzene rings is 2. The van der Waals surface area contributed by atoms with Crippen LogP contribution in [0, 0.1) is 23.7 Å². The summed E-state index contributed by atoms with van der Waals surface area (Å²) in [6.07, 6.45) is 5.21. The number of fused-ring (bicyclic) bond motifs is 2.